The van der Waals surface area contributed by atoms with Crippen LogP contribution in [0.4, 0.5) is 0 Å². The molecule has 0 saturated carbocycles. The molecule has 0 aliphatic carbocycles. The number of rotatable bonds is 8. The van der Waals surface area contributed by atoms with Gasteiger partial charge in [-0.05, 0) is 48.4 Å². The molecular weight excluding hydrogens is 342 g/mol. The van der Waals surface area contributed by atoms with Crippen LogP contribution in [0.2, 0.25) is 0 Å². The molecule has 3 rings (SSSR count). The Bertz CT molecular complexity index is 903. The maximum Gasteiger partial charge on any atom is 0.258 e. The summed E-state index contributed by atoms with van der Waals surface area (Å²) in [4.78, 5) is 23.3. The van der Waals surface area contributed by atoms with Gasteiger partial charge in [-0.25, -0.2) is 0 Å². The van der Waals surface area contributed by atoms with Gasteiger partial charge in [0.1, 0.15) is 5.75 Å². The van der Waals surface area contributed by atoms with E-state index in [1.165, 1.54) is 6.92 Å². The molecule has 0 spiro atoms. The van der Waals surface area contributed by atoms with E-state index in [0.29, 0.717) is 24.4 Å². The minimum atomic E-state index is -0.209. The molecular formula is C21H21N3O3. The van der Waals surface area contributed by atoms with E-state index in [-0.39, 0.29) is 18.3 Å². The van der Waals surface area contributed by atoms with Crippen molar-refractivity contribution in [3.63, 3.8) is 0 Å². The third-order valence-electron chi connectivity index (χ3n) is 4.12. The number of Topliss-reactive ketones (excluding diaryl/α,β-unsaturated/α-hetero) is 1. The molecule has 0 aliphatic heterocycles. The Morgan fingerprint density at radius 2 is 1.78 bits per heavy atom. The molecule has 138 valence electrons. The van der Waals surface area contributed by atoms with Gasteiger partial charge in [0, 0.05) is 24.5 Å². The molecule has 0 aliphatic rings. The highest BCUT2D eigenvalue weighted by molar-refractivity contribution is 5.94. The molecule has 2 aromatic carbocycles. The Kier molecular flexibility index (Phi) is 5.99. The van der Waals surface area contributed by atoms with E-state index < -0.39 is 0 Å². The Hall–Kier alpha value is -3.41. The van der Waals surface area contributed by atoms with Crippen LogP contribution in [-0.2, 0) is 17.9 Å². The summed E-state index contributed by atoms with van der Waals surface area (Å²) >= 11 is 0. The van der Waals surface area contributed by atoms with Crippen LogP contribution in [-0.4, -0.2) is 28.1 Å². The van der Waals surface area contributed by atoms with Crippen LogP contribution < -0.4 is 10.1 Å². The molecule has 1 amide bonds. The summed E-state index contributed by atoms with van der Waals surface area (Å²) in [5.74, 6) is 0.335. The van der Waals surface area contributed by atoms with Crippen LogP contribution in [0.25, 0.3) is 0 Å². The van der Waals surface area contributed by atoms with E-state index in [2.05, 4.69) is 10.4 Å². The zero-order valence-electron chi connectivity index (χ0n) is 15.1. The van der Waals surface area contributed by atoms with Crippen molar-refractivity contribution in [2.75, 3.05) is 6.61 Å². The van der Waals surface area contributed by atoms with Crippen molar-refractivity contribution in [2.24, 2.45) is 0 Å². The molecule has 0 unspecified atom stereocenters. The maximum atomic E-state index is 12.1. The van der Waals surface area contributed by atoms with Gasteiger partial charge in [-0.2, -0.15) is 5.10 Å². The summed E-state index contributed by atoms with van der Waals surface area (Å²) in [5.41, 5.74) is 2.75. The molecule has 0 atom stereocenters. The largest absolute Gasteiger partial charge is 0.484 e. The third-order valence-corrected chi connectivity index (χ3v) is 4.12. The van der Waals surface area contributed by atoms with Crippen LogP contribution >= 0.6 is 0 Å². The highest BCUT2D eigenvalue weighted by Crippen LogP contribution is 2.13. The number of amides is 1. The lowest BCUT2D eigenvalue weighted by Crippen LogP contribution is -2.28. The van der Waals surface area contributed by atoms with Gasteiger partial charge in [0.25, 0.3) is 5.91 Å². The van der Waals surface area contributed by atoms with Crippen molar-refractivity contribution in [1.29, 1.82) is 0 Å². The van der Waals surface area contributed by atoms with Gasteiger partial charge in [0.05, 0.1) is 6.54 Å². The van der Waals surface area contributed by atoms with E-state index in [0.717, 1.165) is 11.1 Å². The molecule has 0 saturated heterocycles. The standard InChI is InChI=1S/C21H21N3O3/c1-16(25)17-7-9-20(10-8-17)27-15-21(26)22-13-18-5-2-3-6-19(18)14-24-12-4-11-23-24/h2-12H,13-15H2,1H3,(H,22,26). The smallest absolute Gasteiger partial charge is 0.258 e. The number of ether oxygens (including phenoxy) is 1. The van der Waals surface area contributed by atoms with Crippen molar-refractivity contribution in [1.82, 2.24) is 15.1 Å². The first kappa shape index (κ1) is 18.4. The summed E-state index contributed by atoms with van der Waals surface area (Å²) in [6.45, 7) is 2.50. The molecule has 1 heterocycles. The van der Waals surface area contributed by atoms with Gasteiger partial charge in [-0.1, -0.05) is 24.3 Å². The lowest BCUT2D eigenvalue weighted by molar-refractivity contribution is -0.123. The maximum absolute atomic E-state index is 12.1. The molecule has 6 heteroatoms. The number of hydrogen-bond donors (Lipinski definition) is 1. The fourth-order valence-electron chi connectivity index (χ4n) is 2.63. The van der Waals surface area contributed by atoms with Gasteiger partial charge < -0.3 is 10.1 Å². The molecule has 1 N–H and O–H groups in total. The number of aromatic nitrogens is 2. The van der Waals surface area contributed by atoms with E-state index in [4.69, 9.17) is 4.74 Å². The predicted octanol–water partition coefficient (Wildman–Crippen LogP) is 2.83. The van der Waals surface area contributed by atoms with E-state index in [9.17, 15) is 9.59 Å². The normalized spacial score (nSPS) is 10.4. The average molecular weight is 363 g/mol. The summed E-state index contributed by atoms with van der Waals surface area (Å²) in [6.07, 6.45) is 3.64. The van der Waals surface area contributed by atoms with Crippen molar-refractivity contribution < 1.29 is 14.3 Å². The Balaban J connectivity index is 1.51. The summed E-state index contributed by atoms with van der Waals surface area (Å²) in [6, 6.07) is 16.5. The lowest BCUT2D eigenvalue weighted by Gasteiger charge is -2.11. The number of carbonyl (C=O) groups is 2. The van der Waals surface area contributed by atoms with Crippen LogP contribution in [0.3, 0.4) is 0 Å². The second-order valence-electron chi connectivity index (χ2n) is 6.12. The quantitative estimate of drug-likeness (QED) is 0.625. The molecule has 0 bridgehead atoms. The number of nitrogens with zero attached hydrogens (tertiary/aromatic N) is 2. The topological polar surface area (TPSA) is 73.2 Å². The SMILES string of the molecule is CC(=O)c1ccc(OCC(=O)NCc2ccccc2Cn2cccn2)cc1. The summed E-state index contributed by atoms with van der Waals surface area (Å²) in [7, 11) is 0. The minimum Gasteiger partial charge on any atom is -0.484 e. The lowest BCUT2D eigenvalue weighted by atomic mass is 10.1. The Labute approximate surface area is 157 Å². The zero-order chi connectivity index (χ0) is 19.1. The van der Waals surface area contributed by atoms with Gasteiger partial charge in [-0.3, -0.25) is 14.3 Å². The second-order valence-corrected chi connectivity index (χ2v) is 6.12. The van der Waals surface area contributed by atoms with E-state index in [1.54, 1.807) is 30.5 Å². The predicted molar refractivity (Wildman–Crippen MR) is 102 cm³/mol. The molecule has 6 nitrogen and oxygen atoms in total. The molecule has 0 fully saturated rings. The first-order chi connectivity index (χ1) is 13.1. The fraction of sp³-hybridized carbons (Fsp3) is 0.190. The highest BCUT2D eigenvalue weighted by Gasteiger charge is 2.07. The van der Waals surface area contributed by atoms with Crippen molar-refractivity contribution in [3.05, 3.63) is 83.7 Å². The molecule has 1 aromatic heterocycles. The van der Waals surface area contributed by atoms with Gasteiger partial charge in [0.2, 0.25) is 0 Å². The number of carbonyl (C=O) groups excluding carboxylic acids is 2. The van der Waals surface area contributed by atoms with Gasteiger partial charge in [0.15, 0.2) is 12.4 Å². The van der Waals surface area contributed by atoms with Crippen molar-refractivity contribution in [2.45, 2.75) is 20.0 Å². The Morgan fingerprint density at radius 3 is 2.44 bits per heavy atom. The van der Waals surface area contributed by atoms with Crippen LogP contribution in [0.1, 0.15) is 28.4 Å². The highest BCUT2D eigenvalue weighted by atomic mass is 16.5. The Morgan fingerprint density at radius 1 is 1.04 bits per heavy atom. The average Bonchev–Trinajstić information content (AvgIpc) is 3.19. The number of benzene rings is 2. The zero-order valence-corrected chi connectivity index (χ0v) is 15.1. The minimum absolute atomic E-state index is 0.00642. The number of ketones is 1. The first-order valence-electron chi connectivity index (χ1n) is 8.66. The summed E-state index contributed by atoms with van der Waals surface area (Å²) < 4.78 is 7.31. The van der Waals surface area contributed by atoms with Crippen LogP contribution in [0.15, 0.2) is 67.0 Å². The van der Waals surface area contributed by atoms with E-state index >= 15 is 0 Å². The molecule has 27 heavy (non-hydrogen) atoms. The summed E-state index contributed by atoms with van der Waals surface area (Å²) in [5, 5.41) is 7.09. The first-order valence-corrected chi connectivity index (χ1v) is 8.66. The second kappa shape index (κ2) is 8.80. The monoisotopic (exact) mass is 363 g/mol. The van der Waals surface area contributed by atoms with Crippen molar-refractivity contribution in [3.8, 4) is 5.75 Å². The van der Waals surface area contributed by atoms with Crippen molar-refractivity contribution >= 4 is 11.7 Å². The van der Waals surface area contributed by atoms with Crippen LogP contribution in [0.5, 0.6) is 5.75 Å². The van der Waals surface area contributed by atoms with Crippen LogP contribution in [0, 0.1) is 0 Å². The molecule has 0 radical (unpaired) electrons. The van der Waals surface area contributed by atoms with Gasteiger partial charge in [-0.15, -0.1) is 0 Å². The molecule has 3 aromatic rings. The third kappa shape index (κ3) is 5.28. The van der Waals surface area contributed by atoms with E-state index in [1.807, 2.05) is 41.2 Å². The van der Waals surface area contributed by atoms with Gasteiger partial charge >= 0.3 is 0 Å². The number of hydrogen-bond acceptors (Lipinski definition) is 4. The fourth-order valence-corrected chi connectivity index (χ4v) is 2.63. The number of nitrogens with one attached hydrogen (secondary N) is 1.